The van der Waals surface area contributed by atoms with E-state index in [2.05, 4.69) is 25.3 Å². The monoisotopic (exact) mass is 968 g/mol. The predicted octanol–water partition coefficient (Wildman–Crippen LogP) is 7.56. The molecule has 66 heavy (non-hydrogen) atoms. The van der Waals surface area contributed by atoms with E-state index in [4.69, 9.17) is 9.47 Å². The summed E-state index contributed by atoms with van der Waals surface area (Å²) in [5.41, 5.74) is -4.73. The molecular formula is C44H50F6N6O8S2. The molecule has 1 aromatic carbocycles. The molecule has 4 amide bonds. The van der Waals surface area contributed by atoms with Crippen molar-refractivity contribution in [2.45, 2.75) is 126 Å². The molecule has 1 saturated heterocycles. The van der Waals surface area contributed by atoms with E-state index in [1.54, 1.807) is 18.4 Å². The maximum absolute atomic E-state index is 15.0. The molecule has 7 unspecified atom stereocenters. The van der Waals surface area contributed by atoms with Gasteiger partial charge in [0.05, 0.1) is 23.1 Å². The quantitative estimate of drug-likeness (QED) is 0.135. The number of hydrogen-bond donors (Lipinski definition) is 3. The molecule has 3 N–H and O–H groups in total. The van der Waals surface area contributed by atoms with Crippen LogP contribution in [0.15, 0.2) is 60.1 Å². The minimum Gasteiger partial charge on any atom is -0.488 e. The van der Waals surface area contributed by atoms with Gasteiger partial charge >= 0.3 is 18.4 Å². The Morgan fingerprint density at radius 2 is 1.71 bits per heavy atom. The third-order valence-corrected chi connectivity index (χ3v) is 15.2. The minimum absolute atomic E-state index is 0.0452. The van der Waals surface area contributed by atoms with Gasteiger partial charge in [0.1, 0.15) is 40.2 Å². The van der Waals surface area contributed by atoms with Crippen LogP contribution in [0.25, 0.3) is 22.0 Å². The van der Waals surface area contributed by atoms with Gasteiger partial charge in [-0.3, -0.25) is 19.1 Å². The molecular weight excluding hydrogens is 919 g/mol. The second-order valence-electron chi connectivity index (χ2n) is 17.9. The fourth-order valence-corrected chi connectivity index (χ4v) is 10.3. The predicted molar refractivity (Wildman–Crippen MR) is 229 cm³/mol. The standard InChI is InChI=1S/C44H50F6N6O8S2/c1-5-25-18-24(2)8-6-7-9-28-22-42(28,39(59)55-66(61,62)31-14-15-31)54-36(57)34-21-30(23-56(34)38(58)35(25)53-40(60)64-41(3,4)44(48,49)50)63-29-19-32(52-33(20-29)37-51-16-17-65-37)26-10-12-27(13-11-26)43(45,46)47/h7,9-13,16-17,19-20,24-25,28,30-31,34-35H,5-6,8,14-15,18,21-23H2,1-4H3,(H,53,60)(H,54,57)(H,55,59). The number of carbonyl (C=O) groups is 4. The van der Waals surface area contributed by atoms with Crippen molar-refractivity contribution in [3.05, 3.63) is 65.7 Å². The Morgan fingerprint density at radius 3 is 2.33 bits per heavy atom. The third-order valence-electron chi connectivity index (χ3n) is 12.5. The lowest BCUT2D eigenvalue weighted by molar-refractivity contribution is -0.244. The first-order valence-corrected chi connectivity index (χ1v) is 24.0. The minimum atomic E-state index is -4.97. The summed E-state index contributed by atoms with van der Waals surface area (Å²) >= 11 is 1.23. The molecule has 2 aromatic heterocycles. The summed E-state index contributed by atoms with van der Waals surface area (Å²) in [5, 5.41) is 6.53. The van der Waals surface area contributed by atoms with Crippen molar-refractivity contribution in [1.29, 1.82) is 0 Å². The number of pyridine rings is 1. The molecule has 2 saturated carbocycles. The normalized spacial score (nSPS) is 26.5. The lowest BCUT2D eigenvalue weighted by Gasteiger charge is -2.35. The molecule has 7 rings (SSSR count). The van der Waals surface area contributed by atoms with E-state index < -0.39 is 98.2 Å². The van der Waals surface area contributed by atoms with E-state index in [0.717, 1.165) is 17.0 Å². The Balaban J connectivity index is 1.26. The average Bonchev–Trinajstić information content (AvgIpc) is 4.10. The van der Waals surface area contributed by atoms with E-state index in [1.165, 1.54) is 41.8 Å². The zero-order chi connectivity index (χ0) is 48.0. The largest absolute Gasteiger partial charge is 0.488 e. The summed E-state index contributed by atoms with van der Waals surface area (Å²) in [6.45, 7) is 4.67. The summed E-state index contributed by atoms with van der Waals surface area (Å²) in [6.07, 6.45) is -4.77. The number of nitrogens with one attached hydrogen (secondary N) is 3. The molecule has 3 aromatic rings. The molecule has 4 heterocycles. The highest BCUT2D eigenvalue weighted by atomic mass is 32.2. The number of amides is 4. The van der Waals surface area contributed by atoms with Gasteiger partial charge in [0.25, 0.3) is 5.91 Å². The number of sulfonamides is 1. The topological polar surface area (TPSA) is 186 Å². The van der Waals surface area contributed by atoms with Crippen molar-refractivity contribution in [3.8, 4) is 27.7 Å². The van der Waals surface area contributed by atoms with Crippen molar-refractivity contribution in [2.24, 2.45) is 17.8 Å². The Kier molecular flexibility index (Phi) is 13.6. The molecule has 2 aliphatic heterocycles. The zero-order valence-electron chi connectivity index (χ0n) is 36.4. The second-order valence-corrected chi connectivity index (χ2v) is 20.8. The van der Waals surface area contributed by atoms with Gasteiger partial charge < -0.3 is 25.0 Å². The maximum atomic E-state index is 15.0. The molecule has 2 aliphatic carbocycles. The molecule has 22 heteroatoms. The summed E-state index contributed by atoms with van der Waals surface area (Å²) < 4.78 is 121. The summed E-state index contributed by atoms with van der Waals surface area (Å²) in [5.74, 6) is -3.89. The highest BCUT2D eigenvalue weighted by molar-refractivity contribution is 7.91. The van der Waals surface area contributed by atoms with Crippen LogP contribution in [0.1, 0.15) is 84.6 Å². The lowest BCUT2D eigenvalue weighted by atomic mass is 9.85. The molecule has 0 spiro atoms. The van der Waals surface area contributed by atoms with Crippen molar-refractivity contribution in [1.82, 2.24) is 30.2 Å². The number of thiazole rings is 1. The van der Waals surface area contributed by atoms with Crippen LogP contribution in [0.5, 0.6) is 5.75 Å². The van der Waals surface area contributed by atoms with Crippen LogP contribution in [-0.4, -0.2) is 94.4 Å². The third kappa shape index (κ3) is 10.8. The van der Waals surface area contributed by atoms with Gasteiger partial charge in [-0.1, -0.05) is 44.6 Å². The van der Waals surface area contributed by atoms with Crippen LogP contribution >= 0.6 is 11.3 Å². The number of alkyl carbamates (subject to hydrolysis) is 1. The van der Waals surface area contributed by atoms with Gasteiger partial charge in [0.15, 0.2) is 0 Å². The number of halogens is 6. The Hall–Kier alpha value is -5.25. The lowest BCUT2D eigenvalue weighted by Crippen LogP contribution is -2.59. The molecule has 0 radical (unpaired) electrons. The number of fused-ring (bicyclic) bond motifs is 2. The fraction of sp³-hybridized carbons (Fsp3) is 0.545. The van der Waals surface area contributed by atoms with Crippen molar-refractivity contribution >= 4 is 45.2 Å². The summed E-state index contributed by atoms with van der Waals surface area (Å²) in [6, 6.07) is 4.36. The number of nitrogens with zero attached hydrogens (tertiary/aromatic N) is 3. The molecule has 0 bridgehead atoms. The molecule has 358 valence electrons. The first-order chi connectivity index (χ1) is 30.9. The van der Waals surface area contributed by atoms with Crippen LogP contribution in [0.2, 0.25) is 0 Å². The maximum Gasteiger partial charge on any atom is 0.427 e. The van der Waals surface area contributed by atoms with Crippen LogP contribution < -0.4 is 20.1 Å². The van der Waals surface area contributed by atoms with Crippen LogP contribution in [-0.2, 0) is 35.3 Å². The fourth-order valence-electron chi connectivity index (χ4n) is 8.37. The van der Waals surface area contributed by atoms with Crippen LogP contribution in [0.4, 0.5) is 31.1 Å². The van der Waals surface area contributed by atoms with Crippen LogP contribution in [0, 0.1) is 17.8 Å². The van der Waals surface area contributed by atoms with Gasteiger partial charge in [-0.15, -0.1) is 11.3 Å². The van der Waals surface area contributed by atoms with Crippen LogP contribution in [0.3, 0.4) is 0 Å². The van der Waals surface area contributed by atoms with Crippen molar-refractivity contribution in [3.63, 3.8) is 0 Å². The Bertz CT molecular complexity index is 2450. The zero-order valence-corrected chi connectivity index (χ0v) is 38.0. The molecule has 3 fully saturated rings. The average molecular weight is 969 g/mol. The molecule has 7 atom stereocenters. The van der Waals surface area contributed by atoms with E-state index in [0.29, 0.717) is 62.2 Å². The highest BCUT2D eigenvalue weighted by Gasteiger charge is 2.62. The SMILES string of the molecule is CCC1CC(C)CCC=CC2CC2(C(=O)NS(=O)(=O)C2CC2)NC(=O)C2CC(Oc3cc(-c4ccc(C(F)(F)F)cc4)nc(-c4nccs4)c3)CN2C(=O)C1NC(=O)OC(C)(C)C(F)(F)F. The number of ether oxygens (including phenoxy) is 2. The number of alkyl halides is 6. The van der Waals surface area contributed by atoms with E-state index in [9.17, 15) is 49.1 Å². The number of allylic oxidation sites excluding steroid dienone is 1. The van der Waals surface area contributed by atoms with Gasteiger partial charge in [-0.05, 0) is 76.3 Å². The van der Waals surface area contributed by atoms with Gasteiger partial charge in [0.2, 0.25) is 27.4 Å². The number of rotatable bonds is 10. The number of carbonyl (C=O) groups excluding carboxylic acids is 4. The van der Waals surface area contributed by atoms with E-state index >= 15 is 4.79 Å². The van der Waals surface area contributed by atoms with Gasteiger partial charge in [-0.25, -0.2) is 23.2 Å². The Morgan fingerprint density at radius 1 is 1.02 bits per heavy atom. The van der Waals surface area contributed by atoms with Crippen molar-refractivity contribution < 1.29 is 63.4 Å². The molecule has 4 aliphatic rings. The van der Waals surface area contributed by atoms with Gasteiger partial charge in [-0.2, -0.15) is 26.3 Å². The van der Waals surface area contributed by atoms with Crippen molar-refractivity contribution in [2.75, 3.05) is 6.54 Å². The smallest absolute Gasteiger partial charge is 0.427 e. The Labute approximate surface area is 381 Å². The summed E-state index contributed by atoms with van der Waals surface area (Å²) in [4.78, 5) is 67.0. The number of aromatic nitrogens is 2. The first kappa shape index (κ1) is 48.7. The second kappa shape index (κ2) is 18.4. The first-order valence-electron chi connectivity index (χ1n) is 21.6. The van der Waals surface area contributed by atoms with E-state index in [-0.39, 0.29) is 43.2 Å². The summed E-state index contributed by atoms with van der Waals surface area (Å²) in [7, 11) is -4.05. The molecule has 14 nitrogen and oxygen atoms in total. The van der Waals surface area contributed by atoms with Gasteiger partial charge in [0, 0.05) is 41.6 Å². The number of hydrogen-bond acceptors (Lipinski definition) is 11. The number of benzene rings is 1. The van der Waals surface area contributed by atoms with E-state index in [1.807, 2.05) is 13.0 Å². The highest BCUT2D eigenvalue weighted by Crippen LogP contribution is 2.46.